The van der Waals surface area contributed by atoms with E-state index in [0.29, 0.717) is 18.5 Å². The number of primary amides is 1. The first-order valence-corrected chi connectivity index (χ1v) is 14.2. The molecule has 11 heteroatoms. The second kappa shape index (κ2) is 12.1. The second-order valence-corrected chi connectivity index (χ2v) is 11.3. The minimum Gasteiger partial charge on any atom is -0.480 e. The summed E-state index contributed by atoms with van der Waals surface area (Å²) in [5.74, 6) is -1.75. The average molecular weight is 570 g/mol. The smallest absolute Gasteiger partial charge is 0.315 e. The maximum absolute atomic E-state index is 13.5. The van der Waals surface area contributed by atoms with Gasteiger partial charge >= 0.3 is 11.8 Å². The van der Waals surface area contributed by atoms with Gasteiger partial charge in [0.15, 0.2) is 0 Å². The first-order valence-electron chi connectivity index (χ1n) is 14.2. The van der Waals surface area contributed by atoms with Crippen LogP contribution in [0.2, 0.25) is 0 Å². The fraction of sp³-hybridized carbons (Fsp3) is 0.419. The van der Waals surface area contributed by atoms with Crippen LogP contribution in [-0.2, 0) is 9.59 Å². The number of nitrogens with one attached hydrogen (secondary N) is 1. The van der Waals surface area contributed by atoms with Crippen molar-refractivity contribution in [2.75, 3.05) is 39.1 Å². The van der Waals surface area contributed by atoms with Gasteiger partial charge in [0.2, 0.25) is 5.88 Å². The Labute approximate surface area is 244 Å². The summed E-state index contributed by atoms with van der Waals surface area (Å²) in [6.45, 7) is 4.41. The van der Waals surface area contributed by atoms with Gasteiger partial charge in [-0.1, -0.05) is 19.1 Å². The van der Waals surface area contributed by atoms with Crippen molar-refractivity contribution in [1.29, 1.82) is 5.26 Å². The lowest BCUT2D eigenvalue weighted by atomic mass is 9.88. The maximum Gasteiger partial charge on any atom is 0.315 e. The lowest BCUT2D eigenvalue weighted by molar-refractivity contribution is -0.146. The predicted molar refractivity (Wildman–Crippen MR) is 157 cm³/mol. The van der Waals surface area contributed by atoms with Crippen LogP contribution >= 0.6 is 0 Å². The molecule has 0 radical (unpaired) electrons. The third-order valence-electron chi connectivity index (χ3n) is 8.31. The number of carbonyl (C=O) groups excluding carboxylic acids is 3. The van der Waals surface area contributed by atoms with Crippen LogP contribution in [0.15, 0.2) is 36.4 Å². The standard InChI is InChI=1S/C31H35N7O4/c1-18-4-8-25(38(17-18)31(41)29(40)35-26-9-7-23(28(33)39)30(36-26)42-3)21-6-5-20-14-22(16-32)27(34-24(20)15-21)19-10-12-37(2)13-11-19/h5-7,9,14-15,18-19,25H,4,8,10-13,17H2,1-3H3,(H2,33,39)(H,35,36,40)/t18-,25+/m0/s1. The molecule has 0 unspecified atom stereocenters. The van der Waals surface area contributed by atoms with Crippen LogP contribution < -0.4 is 15.8 Å². The van der Waals surface area contributed by atoms with Crippen LogP contribution in [0.5, 0.6) is 5.88 Å². The number of hydrogen-bond acceptors (Lipinski definition) is 8. The summed E-state index contributed by atoms with van der Waals surface area (Å²) in [5, 5.41) is 13.3. The fourth-order valence-electron chi connectivity index (χ4n) is 5.97. The number of amides is 3. The van der Waals surface area contributed by atoms with Gasteiger partial charge in [0.05, 0.1) is 29.9 Å². The molecule has 3 aromatic rings. The molecule has 2 saturated heterocycles. The van der Waals surface area contributed by atoms with Crippen molar-refractivity contribution < 1.29 is 19.1 Å². The molecular formula is C31H35N7O4. The van der Waals surface area contributed by atoms with Crippen molar-refractivity contribution in [1.82, 2.24) is 19.8 Å². The number of hydrogen-bond donors (Lipinski definition) is 2. The Morgan fingerprint density at radius 1 is 1.07 bits per heavy atom. The Kier molecular flexibility index (Phi) is 8.36. The van der Waals surface area contributed by atoms with Crippen molar-refractivity contribution in [3.8, 4) is 11.9 Å². The molecule has 218 valence electrons. The van der Waals surface area contributed by atoms with Gasteiger partial charge in [0.25, 0.3) is 5.91 Å². The molecular weight excluding hydrogens is 534 g/mol. The summed E-state index contributed by atoms with van der Waals surface area (Å²) in [5.41, 5.74) is 8.53. The van der Waals surface area contributed by atoms with Crippen molar-refractivity contribution in [2.24, 2.45) is 11.7 Å². The quantitative estimate of drug-likeness (QED) is 0.443. The number of anilines is 1. The number of fused-ring (bicyclic) bond motifs is 1. The van der Waals surface area contributed by atoms with E-state index >= 15 is 0 Å². The minimum absolute atomic E-state index is 0.0416. The van der Waals surface area contributed by atoms with Crippen LogP contribution in [0.4, 0.5) is 5.82 Å². The summed E-state index contributed by atoms with van der Waals surface area (Å²) in [7, 11) is 3.44. The number of benzene rings is 1. The topological polar surface area (TPSA) is 155 Å². The SMILES string of the molecule is COc1nc(NC(=O)C(=O)N2C[C@@H](C)CC[C@@H]2c2ccc3cc(C#N)c(C4CCN(C)CC4)nc3c2)ccc1C(N)=O. The van der Waals surface area contributed by atoms with Gasteiger partial charge in [-0.2, -0.15) is 10.2 Å². The Balaban J connectivity index is 1.41. The number of likely N-dealkylation sites (tertiary alicyclic amines) is 2. The van der Waals surface area contributed by atoms with Crippen molar-refractivity contribution >= 4 is 34.4 Å². The normalized spacial score (nSPS) is 19.7. The van der Waals surface area contributed by atoms with Crippen molar-refractivity contribution in [3.05, 3.63) is 58.8 Å². The first-order chi connectivity index (χ1) is 20.2. The summed E-state index contributed by atoms with van der Waals surface area (Å²) in [4.78, 5) is 51.2. The molecule has 4 heterocycles. The fourth-order valence-corrected chi connectivity index (χ4v) is 5.97. The summed E-state index contributed by atoms with van der Waals surface area (Å²) < 4.78 is 5.11. The number of carbonyl (C=O) groups is 3. The Morgan fingerprint density at radius 3 is 2.52 bits per heavy atom. The molecule has 3 amide bonds. The average Bonchev–Trinajstić information content (AvgIpc) is 2.99. The summed E-state index contributed by atoms with van der Waals surface area (Å²) >= 11 is 0. The Hall–Kier alpha value is -4.56. The van der Waals surface area contributed by atoms with Crippen LogP contribution in [0.1, 0.15) is 71.7 Å². The first kappa shape index (κ1) is 29.0. The van der Waals surface area contributed by atoms with Crippen molar-refractivity contribution in [3.63, 3.8) is 0 Å². The highest BCUT2D eigenvalue weighted by Gasteiger charge is 2.35. The highest BCUT2D eigenvalue weighted by molar-refractivity contribution is 6.39. The lowest BCUT2D eigenvalue weighted by Crippen LogP contribution is -2.46. The number of methoxy groups -OCH3 is 1. The number of nitrogens with zero attached hydrogens (tertiary/aromatic N) is 5. The second-order valence-electron chi connectivity index (χ2n) is 11.3. The molecule has 0 spiro atoms. The molecule has 5 rings (SSSR count). The minimum atomic E-state index is -0.836. The Bertz CT molecular complexity index is 1580. The van der Waals surface area contributed by atoms with E-state index in [4.69, 9.17) is 15.5 Å². The van der Waals surface area contributed by atoms with Gasteiger partial charge in [0, 0.05) is 17.8 Å². The van der Waals surface area contributed by atoms with E-state index in [1.165, 1.54) is 19.2 Å². The molecule has 0 aliphatic carbocycles. The Morgan fingerprint density at radius 2 is 1.83 bits per heavy atom. The zero-order valence-electron chi connectivity index (χ0n) is 24.1. The van der Waals surface area contributed by atoms with E-state index < -0.39 is 17.7 Å². The molecule has 2 aliphatic heterocycles. The molecule has 2 aliphatic rings. The van der Waals surface area contributed by atoms with Gasteiger partial charge in [-0.25, -0.2) is 0 Å². The molecule has 0 saturated carbocycles. The van der Waals surface area contributed by atoms with E-state index in [1.54, 1.807) is 4.90 Å². The maximum atomic E-state index is 13.5. The number of nitriles is 1. The van der Waals surface area contributed by atoms with E-state index in [2.05, 4.69) is 35.2 Å². The van der Waals surface area contributed by atoms with E-state index in [1.807, 2.05) is 24.3 Å². The molecule has 0 bridgehead atoms. The molecule has 1 aromatic carbocycles. The molecule has 2 atom stereocenters. The predicted octanol–water partition coefficient (Wildman–Crippen LogP) is 3.36. The third kappa shape index (κ3) is 5.90. The highest BCUT2D eigenvalue weighted by Crippen LogP contribution is 2.36. The van der Waals surface area contributed by atoms with Gasteiger partial charge in [-0.15, -0.1) is 0 Å². The monoisotopic (exact) mass is 569 g/mol. The zero-order chi connectivity index (χ0) is 30.0. The number of ether oxygens (including phenoxy) is 1. The highest BCUT2D eigenvalue weighted by atomic mass is 16.5. The number of pyridine rings is 2. The molecule has 42 heavy (non-hydrogen) atoms. The van der Waals surface area contributed by atoms with E-state index in [0.717, 1.165) is 54.5 Å². The number of piperidine rings is 2. The van der Waals surface area contributed by atoms with E-state index in [-0.39, 0.29) is 35.1 Å². The van der Waals surface area contributed by atoms with Crippen LogP contribution in [0, 0.1) is 17.2 Å². The van der Waals surface area contributed by atoms with Crippen LogP contribution in [0.3, 0.4) is 0 Å². The van der Waals surface area contributed by atoms with Crippen LogP contribution in [-0.4, -0.2) is 71.3 Å². The number of rotatable bonds is 5. The largest absolute Gasteiger partial charge is 0.480 e. The summed E-state index contributed by atoms with van der Waals surface area (Å²) in [6.07, 6.45) is 3.51. The van der Waals surface area contributed by atoms with Crippen LogP contribution in [0.25, 0.3) is 10.9 Å². The van der Waals surface area contributed by atoms with Crippen molar-refractivity contribution in [2.45, 2.75) is 44.6 Å². The number of aromatic nitrogens is 2. The summed E-state index contributed by atoms with van der Waals surface area (Å²) in [6, 6.07) is 12.6. The molecule has 2 aromatic heterocycles. The van der Waals surface area contributed by atoms with E-state index in [9.17, 15) is 19.6 Å². The lowest BCUT2D eigenvalue weighted by Gasteiger charge is -2.38. The van der Waals surface area contributed by atoms with Gasteiger partial charge < -0.3 is 25.6 Å². The number of nitrogens with two attached hydrogens (primary N) is 1. The van der Waals surface area contributed by atoms with Gasteiger partial charge in [-0.05, 0) is 81.6 Å². The van der Waals surface area contributed by atoms with Gasteiger partial charge in [0.1, 0.15) is 17.5 Å². The molecule has 11 nitrogen and oxygen atoms in total. The third-order valence-corrected chi connectivity index (χ3v) is 8.31. The molecule has 3 N–H and O–H groups in total. The molecule has 2 fully saturated rings. The van der Waals surface area contributed by atoms with Gasteiger partial charge in [-0.3, -0.25) is 19.4 Å². The zero-order valence-corrected chi connectivity index (χ0v) is 24.1.